The summed E-state index contributed by atoms with van der Waals surface area (Å²) in [7, 11) is 0. The lowest BCUT2D eigenvalue weighted by Crippen LogP contribution is -1.97. The Balaban J connectivity index is -0.000000162. The first-order valence-corrected chi connectivity index (χ1v) is 4.94. The van der Waals surface area contributed by atoms with Gasteiger partial charge in [0, 0.05) is 13.0 Å². The third kappa shape index (κ3) is 78.7. The highest BCUT2D eigenvalue weighted by Crippen LogP contribution is 1.70. The van der Waals surface area contributed by atoms with E-state index in [2.05, 4.69) is 9.47 Å². The first kappa shape index (κ1) is 20.2. The zero-order valence-electron chi connectivity index (χ0n) is 10.5. The molecule has 0 aliphatic carbocycles. The normalized spacial score (nSPS) is 7.94. The number of carboxylic acid groups (broad SMARTS) is 1. The fourth-order valence-electron chi connectivity index (χ4n) is 0.327. The average molecular weight is 238 g/mol. The second kappa shape index (κ2) is 16.1. The number of carbonyl (C=O) groups excluding carboxylic acids is 1. The number of esters is 1. The number of aliphatic hydroxyl groups excluding tert-OH is 1. The summed E-state index contributed by atoms with van der Waals surface area (Å²) in [6, 6.07) is 0. The van der Waals surface area contributed by atoms with Gasteiger partial charge in [-0.25, -0.2) is 4.79 Å². The summed E-state index contributed by atoms with van der Waals surface area (Å²) in [5.74, 6) is -0.211. The Morgan fingerprint density at radius 3 is 1.44 bits per heavy atom. The van der Waals surface area contributed by atoms with Crippen LogP contribution >= 0.6 is 0 Å². The average Bonchev–Trinajstić information content (AvgIpc) is 2.02. The lowest BCUT2D eigenvalue weighted by Gasteiger charge is -1.89. The van der Waals surface area contributed by atoms with E-state index in [0.717, 1.165) is 0 Å². The van der Waals surface area contributed by atoms with Gasteiger partial charge in [-0.3, -0.25) is 4.79 Å². The van der Waals surface area contributed by atoms with Gasteiger partial charge in [-0.1, -0.05) is 0 Å². The molecule has 0 atom stereocenters. The first-order valence-electron chi connectivity index (χ1n) is 4.94. The van der Waals surface area contributed by atoms with Crippen LogP contribution in [-0.4, -0.2) is 41.7 Å². The Morgan fingerprint density at radius 2 is 1.44 bits per heavy atom. The minimum Gasteiger partial charge on any atom is -0.466 e. The van der Waals surface area contributed by atoms with Gasteiger partial charge < -0.3 is 19.7 Å². The summed E-state index contributed by atoms with van der Waals surface area (Å²) in [5, 5.41) is 15.7. The van der Waals surface area contributed by atoms with E-state index >= 15 is 0 Å². The Kier molecular flexibility index (Phi) is 20.3. The fraction of sp³-hybridized carbons (Fsp3) is 0.800. The molecular weight excluding hydrogens is 216 g/mol. The summed E-state index contributed by atoms with van der Waals surface area (Å²) < 4.78 is 8.36. The van der Waals surface area contributed by atoms with Crippen molar-refractivity contribution < 1.29 is 29.3 Å². The van der Waals surface area contributed by atoms with Crippen LogP contribution in [0.15, 0.2) is 0 Å². The van der Waals surface area contributed by atoms with Crippen LogP contribution in [0, 0.1) is 0 Å². The molecule has 0 saturated carbocycles. The highest BCUT2D eigenvalue weighted by atomic mass is 16.7. The molecule has 6 heteroatoms. The number of hydrogen-bond acceptors (Lipinski definition) is 5. The lowest BCUT2D eigenvalue weighted by molar-refractivity contribution is -0.140. The largest absolute Gasteiger partial charge is 0.505 e. The predicted molar refractivity (Wildman–Crippen MR) is 59.3 cm³/mol. The van der Waals surface area contributed by atoms with Crippen molar-refractivity contribution in [3.05, 3.63) is 0 Å². The molecule has 2 N–H and O–H groups in total. The highest BCUT2D eigenvalue weighted by Gasteiger charge is 1.86. The van der Waals surface area contributed by atoms with Crippen LogP contribution in [0.2, 0.25) is 0 Å². The maximum atomic E-state index is 9.82. The van der Waals surface area contributed by atoms with Crippen LogP contribution in [0.3, 0.4) is 0 Å². The topological polar surface area (TPSA) is 93.1 Å². The van der Waals surface area contributed by atoms with Crippen LogP contribution in [0.5, 0.6) is 0 Å². The van der Waals surface area contributed by atoms with Crippen LogP contribution in [0.4, 0.5) is 4.79 Å². The number of hydrogen-bond donors (Lipinski definition) is 2. The molecule has 16 heavy (non-hydrogen) atoms. The Hall–Kier alpha value is -1.30. The van der Waals surface area contributed by atoms with Crippen molar-refractivity contribution in [2.75, 3.05) is 13.2 Å². The van der Waals surface area contributed by atoms with Crippen LogP contribution in [0.25, 0.3) is 0 Å². The maximum absolute atomic E-state index is 9.82. The molecule has 0 saturated heterocycles. The molecule has 0 bridgehead atoms. The molecular formula is C10H22O6. The van der Waals surface area contributed by atoms with Crippen LogP contribution in [-0.2, 0) is 14.3 Å². The number of rotatable bonds is 2. The smallest absolute Gasteiger partial charge is 0.466 e. The van der Waals surface area contributed by atoms with Gasteiger partial charge in [0.1, 0.15) is 0 Å². The van der Waals surface area contributed by atoms with Crippen molar-refractivity contribution in [1.82, 2.24) is 0 Å². The molecule has 0 spiro atoms. The molecule has 0 unspecified atom stereocenters. The van der Waals surface area contributed by atoms with E-state index in [4.69, 9.17) is 10.2 Å². The molecule has 0 rings (SSSR count). The molecule has 0 aromatic carbocycles. The summed E-state index contributed by atoms with van der Waals surface area (Å²) >= 11 is 0. The second-order valence-corrected chi connectivity index (χ2v) is 2.72. The Morgan fingerprint density at radius 1 is 1.12 bits per heavy atom. The van der Waals surface area contributed by atoms with E-state index in [9.17, 15) is 9.59 Å². The standard InChI is InChI=1S/C4H8O2.C3H6O3.C3H8O/c1-3-6-4(2)5;1-2-6-3(4)5;1-3(2)4/h3H2,1-2H3;2H2,1H3,(H,4,5);3-4H,1-2H3. The van der Waals surface area contributed by atoms with E-state index in [1.54, 1.807) is 27.7 Å². The monoisotopic (exact) mass is 238 g/mol. The zero-order valence-corrected chi connectivity index (χ0v) is 10.5. The second-order valence-electron chi connectivity index (χ2n) is 2.72. The van der Waals surface area contributed by atoms with Crippen molar-refractivity contribution in [3.63, 3.8) is 0 Å². The van der Waals surface area contributed by atoms with Crippen molar-refractivity contribution in [2.24, 2.45) is 0 Å². The van der Waals surface area contributed by atoms with Gasteiger partial charge in [0.05, 0.1) is 13.2 Å². The minimum atomic E-state index is -1.21. The van der Waals surface area contributed by atoms with E-state index in [-0.39, 0.29) is 18.7 Å². The first-order chi connectivity index (χ1) is 7.27. The third-order valence-corrected chi connectivity index (χ3v) is 0.615. The number of ether oxygens (including phenoxy) is 2. The minimum absolute atomic E-state index is 0.167. The molecule has 0 aromatic rings. The summed E-state index contributed by atoms with van der Waals surface area (Å²) in [6.45, 7) is 8.95. The molecule has 6 nitrogen and oxygen atoms in total. The molecule has 98 valence electrons. The van der Waals surface area contributed by atoms with Crippen LogP contribution in [0.1, 0.15) is 34.6 Å². The Bertz CT molecular complexity index is 148. The van der Waals surface area contributed by atoms with Crippen molar-refractivity contribution in [1.29, 1.82) is 0 Å². The quantitative estimate of drug-likeness (QED) is 0.710. The summed E-state index contributed by atoms with van der Waals surface area (Å²) in [4.78, 5) is 19.2. The molecule has 0 aliphatic rings. The molecule has 0 heterocycles. The number of aliphatic hydroxyl groups is 1. The fourth-order valence-corrected chi connectivity index (χ4v) is 0.327. The highest BCUT2D eigenvalue weighted by molar-refractivity contribution is 5.65. The van der Waals surface area contributed by atoms with Gasteiger partial charge in [-0.15, -0.1) is 0 Å². The molecule has 0 radical (unpaired) electrons. The SMILES string of the molecule is CC(C)O.CCOC(=O)O.CCOC(C)=O. The molecule has 0 aromatic heterocycles. The predicted octanol–water partition coefficient (Wildman–Crippen LogP) is 1.66. The summed E-state index contributed by atoms with van der Waals surface area (Å²) in [5.41, 5.74) is 0. The third-order valence-electron chi connectivity index (χ3n) is 0.615. The van der Waals surface area contributed by atoms with E-state index in [1.165, 1.54) is 6.92 Å². The van der Waals surface area contributed by atoms with Crippen molar-refractivity contribution in [3.8, 4) is 0 Å². The maximum Gasteiger partial charge on any atom is 0.505 e. The summed E-state index contributed by atoms with van der Waals surface area (Å²) in [6.07, 6.45) is -1.38. The van der Waals surface area contributed by atoms with Gasteiger partial charge in [-0.05, 0) is 27.7 Å². The van der Waals surface area contributed by atoms with Gasteiger partial charge in [-0.2, -0.15) is 0 Å². The van der Waals surface area contributed by atoms with Crippen molar-refractivity contribution >= 4 is 12.1 Å². The van der Waals surface area contributed by atoms with E-state index in [1.807, 2.05) is 0 Å². The van der Waals surface area contributed by atoms with Gasteiger partial charge >= 0.3 is 12.1 Å². The van der Waals surface area contributed by atoms with E-state index < -0.39 is 6.16 Å². The lowest BCUT2D eigenvalue weighted by atomic mass is 10.5. The Labute approximate surface area is 96.2 Å². The number of carbonyl (C=O) groups is 2. The molecule has 0 aliphatic heterocycles. The van der Waals surface area contributed by atoms with E-state index in [0.29, 0.717) is 6.61 Å². The molecule has 0 fully saturated rings. The zero-order chi connectivity index (χ0) is 13.6. The van der Waals surface area contributed by atoms with Crippen LogP contribution < -0.4 is 0 Å². The van der Waals surface area contributed by atoms with Gasteiger partial charge in [0.15, 0.2) is 0 Å². The molecule has 0 amide bonds. The van der Waals surface area contributed by atoms with Gasteiger partial charge in [0.25, 0.3) is 0 Å². The van der Waals surface area contributed by atoms with Gasteiger partial charge in [0.2, 0.25) is 0 Å². The van der Waals surface area contributed by atoms with Crippen molar-refractivity contribution in [2.45, 2.75) is 40.7 Å².